The van der Waals surface area contributed by atoms with E-state index in [2.05, 4.69) is 4.74 Å². The monoisotopic (exact) mass is 183 g/mol. The van der Waals surface area contributed by atoms with Crippen LogP contribution in [0.3, 0.4) is 0 Å². The van der Waals surface area contributed by atoms with Gasteiger partial charge in [0, 0.05) is 30.9 Å². The molecule has 0 amide bonds. The third-order valence-electron chi connectivity index (χ3n) is 0.287. The van der Waals surface area contributed by atoms with Gasteiger partial charge in [-0.05, 0) is 0 Å². The minimum Gasteiger partial charge on any atom is -0.394 e. The van der Waals surface area contributed by atoms with E-state index in [-0.39, 0.29) is 40.1 Å². The second kappa shape index (κ2) is 8.43. The summed E-state index contributed by atoms with van der Waals surface area (Å²) in [7, 11) is 0. The zero-order chi connectivity index (χ0) is 5.86. The van der Waals surface area contributed by atoms with Gasteiger partial charge in [-0.3, -0.25) is 9.59 Å². The van der Waals surface area contributed by atoms with E-state index < -0.39 is 11.9 Å². The zero-order valence-electron chi connectivity index (χ0n) is 4.60. The average molecular weight is 183 g/mol. The molecular formula is C4H8MgMnO3. The minimum absolute atomic E-state index is 0. The maximum absolute atomic E-state index is 9.81. The number of hydrogen-bond acceptors (Lipinski definition) is 3. The van der Waals surface area contributed by atoms with Gasteiger partial charge in [0.1, 0.15) is 0 Å². The molecule has 0 spiro atoms. The molecule has 3 nitrogen and oxygen atoms in total. The van der Waals surface area contributed by atoms with Gasteiger partial charge in [-0.1, -0.05) is 0 Å². The Hall–Kier alpha value is 0.426. The van der Waals surface area contributed by atoms with Crippen LogP contribution in [0.5, 0.6) is 0 Å². The Bertz CT molecular complexity index is 92.0. The number of carbonyl (C=O) groups is 2. The summed E-state index contributed by atoms with van der Waals surface area (Å²) in [5.74, 6) is -1.12. The fourth-order valence-electron chi connectivity index (χ4n) is 0.202. The molecule has 0 saturated heterocycles. The minimum atomic E-state index is -0.562. The molecule has 0 bridgehead atoms. The Morgan fingerprint density at radius 2 is 1.33 bits per heavy atom. The number of ether oxygens (including phenoxy) is 1. The van der Waals surface area contributed by atoms with Crippen LogP contribution in [0.1, 0.15) is 13.8 Å². The third-order valence-corrected chi connectivity index (χ3v) is 0.287. The van der Waals surface area contributed by atoms with Gasteiger partial charge in [0.05, 0.1) is 0 Å². The average Bonchev–Trinajstić information content (AvgIpc) is 1.27. The molecule has 0 aromatic heterocycles. The Morgan fingerprint density at radius 3 is 1.33 bits per heavy atom. The third kappa shape index (κ3) is 17.8. The van der Waals surface area contributed by atoms with Crippen molar-refractivity contribution < 1.29 is 31.4 Å². The molecule has 0 heterocycles. The second-order valence-corrected chi connectivity index (χ2v) is 1.09. The Labute approximate surface area is 80.1 Å². The Morgan fingerprint density at radius 1 is 1.11 bits per heavy atom. The molecule has 0 atom stereocenters. The van der Waals surface area contributed by atoms with Gasteiger partial charge in [0.15, 0.2) is 0 Å². The maximum atomic E-state index is 9.81. The predicted molar refractivity (Wildman–Crippen MR) is 31.0 cm³/mol. The molecule has 5 heteroatoms. The molecule has 0 aliphatic carbocycles. The first-order valence-electron chi connectivity index (χ1n) is 1.82. The Kier molecular flexibility index (Phi) is 15.2. The quantitative estimate of drug-likeness (QED) is 0.280. The molecule has 0 aromatic carbocycles. The van der Waals surface area contributed by atoms with E-state index >= 15 is 0 Å². The molecule has 51 valence electrons. The van der Waals surface area contributed by atoms with Crippen LogP contribution in [0.2, 0.25) is 0 Å². The summed E-state index contributed by atoms with van der Waals surface area (Å²) in [6, 6.07) is 0. The van der Waals surface area contributed by atoms with Crippen LogP contribution < -0.4 is 0 Å². The summed E-state index contributed by atoms with van der Waals surface area (Å²) in [5, 5.41) is 0. The van der Waals surface area contributed by atoms with Gasteiger partial charge < -0.3 is 4.74 Å². The number of carbonyl (C=O) groups excluding carboxylic acids is 2. The molecule has 0 aliphatic rings. The van der Waals surface area contributed by atoms with Crippen molar-refractivity contribution in [3.8, 4) is 0 Å². The van der Waals surface area contributed by atoms with Crippen LogP contribution >= 0.6 is 0 Å². The standard InChI is InChI=1S/C4H6O3.Mg.Mn.2H/c1-3(5)7-4(2)6;;;;/h1-2H3;;;;. The molecule has 0 fully saturated rings. The van der Waals surface area contributed by atoms with Crippen molar-refractivity contribution in [2.24, 2.45) is 0 Å². The number of rotatable bonds is 0. The largest absolute Gasteiger partial charge is 0.394 e. The van der Waals surface area contributed by atoms with Crippen molar-refractivity contribution in [2.75, 3.05) is 0 Å². The van der Waals surface area contributed by atoms with E-state index in [1.54, 1.807) is 0 Å². The molecule has 0 N–H and O–H groups in total. The van der Waals surface area contributed by atoms with Crippen LogP contribution in [0, 0.1) is 0 Å². The van der Waals surface area contributed by atoms with Crippen LogP contribution in [-0.4, -0.2) is 35.0 Å². The van der Waals surface area contributed by atoms with E-state index in [0.29, 0.717) is 0 Å². The summed E-state index contributed by atoms with van der Waals surface area (Å²) < 4.78 is 3.97. The summed E-state index contributed by atoms with van der Waals surface area (Å²) in [4.78, 5) is 19.6. The summed E-state index contributed by atoms with van der Waals surface area (Å²) in [6.07, 6.45) is 0. The molecular weight excluding hydrogens is 175 g/mol. The van der Waals surface area contributed by atoms with Gasteiger partial charge in [-0.15, -0.1) is 0 Å². The smallest absolute Gasteiger partial charge is 0.316 e. The number of hydrogen-bond donors (Lipinski definition) is 0. The molecule has 0 rings (SSSR count). The van der Waals surface area contributed by atoms with Gasteiger partial charge >= 0.3 is 35.0 Å². The van der Waals surface area contributed by atoms with E-state index in [1.807, 2.05) is 0 Å². The van der Waals surface area contributed by atoms with Crippen molar-refractivity contribution in [3.05, 3.63) is 0 Å². The fraction of sp³-hybridized carbons (Fsp3) is 0.500. The van der Waals surface area contributed by atoms with Crippen molar-refractivity contribution >= 4 is 35.0 Å². The van der Waals surface area contributed by atoms with Gasteiger partial charge in [0.2, 0.25) is 0 Å². The van der Waals surface area contributed by atoms with E-state index in [0.717, 1.165) is 0 Å². The van der Waals surface area contributed by atoms with E-state index in [1.165, 1.54) is 13.8 Å². The molecule has 1 radical (unpaired) electrons. The topological polar surface area (TPSA) is 43.4 Å². The fourth-order valence-corrected chi connectivity index (χ4v) is 0.202. The van der Waals surface area contributed by atoms with E-state index in [4.69, 9.17) is 0 Å². The molecule has 0 unspecified atom stereocenters. The van der Waals surface area contributed by atoms with Crippen LogP contribution in [0.25, 0.3) is 0 Å². The van der Waals surface area contributed by atoms with Gasteiger partial charge in [0.25, 0.3) is 0 Å². The summed E-state index contributed by atoms with van der Waals surface area (Å²) >= 11 is 0. The molecule has 0 saturated carbocycles. The van der Waals surface area contributed by atoms with Crippen molar-refractivity contribution in [3.63, 3.8) is 0 Å². The maximum Gasteiger partial charge on any atom is 0.316 e. The molecule has 0 aliphatic heterocycles. The summed E-state index contributed by atoms with van der Waals surface area (Å²) in [5.41, 5.74) is 0. The first-order chi connectivity index (χ1) is 3.13. The SMILES string of the molecule is CC(=O)OC(C)=O.[MgH2].[Mn]. The summed E-state index contributed by atoms with van der Waals surface area (Å²) in [6.45, 7) is 2.36. The van der Waals surface area contributed by atoms with Crippen molar-refractivity contribution in [1.82, 2.24) is 0 Å². The van der Waals surface area contributed by atoms with Gasteiger partial charge in [-0.2, -0.15) is 0 Å². The van der Waals surface area contributed by atoms with Crippen LogP contribution in [0.4, 0.5) is 0 Å². The molecule has 9 heavy (non-hydrogen) atoms. The van der Waals surface area contributed by atoms with Gasteiger partial charge in [-0.25, -0.2) is 0 Å². The van der Waals surface area contributed by atoms with Crippen LogP contribution in [0.15, 0.2) is 0 Å². The van der Waals surface area contributed by atoms with E-state index in [9.17, 15) is 9.59 Å². The number of esters is 2. The molecule has 0 aromatic rings. The van der Waals surface area contributed by atoms with Crippen LogP contribution in [-0.2, 0) is 31.4 Å². The first kappa shape index (κ1) is 16.2. The predicted octanol–water partition coefficient (Wildman–Crippen LogP) is -0.823. The zero-order valence-corrected chi connectivity index (χ0v) is 5.78. The van der Waals surface area contributed by atoms with Crippen molar-refractivity contribution in [1.29, 1.82) is 0 Å². The normalized spacial score (nSPS) is 6.00. The second-order valence-electron chi connectivity index (χ2n) is 1.09. The first-order valence-corrected chi connectivity index (χ1v) is 1.82. The van der Waals surface area contributed by atoms with Crippen molar-refractivity contribution in [2.45, 2.75) is 13.8 Å². The Balaban J connectivity index is -0.000000180.